The van der Waals surface area contributed by atoms with Gasteiger partial charge in [0.2, 0.25) is 5.91 Å². The zero-order valence-corrected chi connectivity index (χ0v) is 12.7. The fourth-order valence-corrected chi connectivity index (χ4v) is 2.82. The van der Waals surface area contributed by atoms with Gasteiger partial charge in [0.25, 0.3) is 0 Å². The van der Waals surface area contributed by atoms with Crippen molar-refractivity contribution in [3.63, 3.8) is 0 Å². The minimum atomic E-state index is 0.0470. The van der Waals surface area contributed by atoms with Gasteiger partial charge in [-0.2, -0.15) is 0 Å². The third-order valence-electron chi connectivity index (χ3n) is 3.91. The molecule has 0 aromatic carbocycles. The maximum atomic E-state index is 11.8. The van der Waals surface area contributed by atoms with E-state index in [-0.39, 0.29) is 11.9 Å². The molecule has 0 radical (unpaired) electrons. The fraction of sp³-hybridized carbons (Fsp3) is 0.412. The van der Waals surface area contributed by atoms with Gasteiger partial charge in [-0.3, -0.25) is 9.78 Å². The van der Waals surface area contributed by atoms with E-state index in [0.717, 1.165) is 42.5 Å². The molecule has 2 aromatic heterocycles. The van der Waals surface area contributed by atoms with E-state index in [9.17, 15) is 4.79 Å². The monoisotopic (exact) mass is 296 g/mol. The van der Waals surface area contributed by atoms with Gasteiger partial charge >= 0.3 is 0 Å². The molecule has 0 bridgehead atoms. The molecule has 114 valence electrons. The lowest BCUT2D eigenvalue weighted by Gasteiger charge is -2.25. The SMILES string of the molecule is CCCC(=O)N[C@@H]1CCCc2nc(-c3cccnc3)ncc21. The van der Waals surface area contributed by atoms with Crippen molar-refractivity contribution in [2.75, 3.05) is 0 Å². The highest BCUT2D eigenvalue weighted by Gasteiger charge is 2.23. The van der Waals surface area contributed by atoms with Gasteiger partial charge < -0.3 is 5.32 Å². The Morgan fingerprint density at radius 1 is 1.41 bits per heavy atom. The molecule has 3 rings (SSSR count). The average molecular weight is 296 g/mol. The first kappa shape index (κ1) is 14.6. The van der Waals surface area contributed by atoms with E-state index in [1.54, 1.807) is 12.4 Å². The van der Waals surface area contributed by atoms with Gasteiger partial charge in [0.15, 0.2) is 5.82 Å². The Balaban J connectivity index is 1.85. The molecular weight excluding hydrogens is 276 g/mol. The first-order valence-electron chi connectivity index (χ1n) is 7.83. The number of aryl methyl sites for hydroxylation is 1. The lowest BCUT2D eigenvalue weighted by atomic mass is 9.92. The van der Waals surface area contributed by atoms with E-state index < -0.39 is 0 Å². The molecule has 1 atom stereocenters. The minimum absolute atomic E-state index is 0.0470. The van der Waals surface area contributed by atoms with Crippen LogP contribution in [0.5, 0.6) is 0 Å². The topological polar surface area (TPSA) is 67.8 Å². The van der Waals surface area contributed by atoms with Crippen LogP contribution in [0.2, 0.25) is 0 Å². The fourth-order valence-electron chi connectivity index (χ4n) is 2.82. The van der Waals surface area contributed by atoms with Crippen molar-refractivity contribution in [3.05, 3.63) is 42.0 Å². The number of rotatable bonds is 4. The summed E-state index contributed by atoms with van der Waals surface area (Å²) in [5.74, 6) is 0.809. The number of nitrogens with zero attached hydrogens (tertiary/aromatic N) is 3. The third kappa shape index (κ3) is 3.13. The molecule has 0 spiro atoms. The summed E-state index contributed by atoms with van der Waals surface area (Å²) in [6, 6.07) is 3.88. The predicted molar refractivity (Wildman–Crippen MR) is 84.0 cm³/mol. The van der Waals surface area contributed by atoms with E-state index in [1.807, 2.05) is 25.3 Å². The number of fused-ring (bicyclic) bond motifs is 1. The minimum Gasteiger partial charge on any atom is -0.349 e. The normalized spacial score (nSPS) is 16.9. The summed E-state index contributed by atoms with van der Waals surface area (Å²) in [5.41, 5.74) is 3.02. The van der Waals surface area contributed by atoms with Crippen LogP contribution in [0, 0.1) is 0 Å². The smallest absolute Gasteiger partial charge is 0.220 e. The molecule has 1 N–H and O–H groups in total. The second-order valence-electron chi connectivity index (χ2n) is 5.60. The molecule has 0 saturated heterocycles. The number of amides is 1. The molecule has 1 aliphatic rings. The second kappa shape index (κ2) is 6.64. The molecular formula is C17H20N4O. The van der Waals surface area contributed by atoms with E-state index in [2.05, 4.69) is 20.3 Å². The number of hydrogen-bond acceptors (Lipinski definition) is 4. The van der Waals surface area contributed by atoms with Gasteiger partial charge in [-0.25, -0.2) is 9.97 Å². The van der Waals surface area contributed by atoms with Gasteiger partial charge in [-0.15, -0.1) is 0 Å². The maximum absolute atomic E-state index is 11.8. The van der Waals surface area contributed by atoms with Crippen molar-refractivity contribution in [1.82, 2.24) is 20.3 Å². The van der Waals surface area contributed by atoms with Crippen LogP contribution in [0.25, 0.3) is 11.4 Å². The summed E-state index contributed by atoms with van der Waals surface area (Å²) in [5, 5.41) is 3.10. The average Bonchev–Trinajstić information content (AvgIpc) is 2.56. The van der Waals surface area contributed by atoms with Crippen LogP contribution in [0.15, 0.2) is 30.7 Å². The van der Waals surface area contributed by atoms with Crippen molar-refractivity contribution in [3.8, 4) is 11.4 Å². The molecule has 1 amide bonds. The highest BCUT2D eigenvalue weighted by molar-refractivity contribution is 5.76. The number of hydrogen-bond donors (Lipinski definition) is 1. The molecule has 5 heteroatoms. The van der Waals surface area contributed by atoms with Gasteiger partial charge in [0.1, 0.15) is 0 Å². The maximum Gasteiger partial charge on any atom is 0.220 e. The Hall–Kier alpha value is -2.30. The Kier molecular flexibility index (Phi) is 4.42. The predicted octanol–water partition coefficient (Wildman–Crippen LogP) is 2.83. The van der Waals surface area contributed by atoms with Crippen LogP contribution in [0.4, 0.5) is 0 Å². The molecule has 5 nitrogen and oxygen atoms in total. The van der Waals surface area contributed by atoms with Crippen LogP contribution >= 0.6 is 0 Å². The van der Waals surface area contributed by atoms with Crippen molar-refractivity contribution in [2.45, 2.75) is 45.1 Å². The van der Waals surface area contributed by atoms with Crippen LogP contribution in [0.3, 0.4) is 0 Å². The summed E-state index contributed by atoms with van der Waals surface area (Å²) >= 11 is 0. The van der Waals surface area contributed by atoms with Gasteiger partial charge in [0, 0.05) is 41.8 Å². The molecule has 0 aliphatic heterocycles. The molecule has 0 fully saturated rings. The molecule has 0 unspecified atom stereocenters. The van der Waals surface area contributed by atoms with Crippen molar-refractivity contribution in [1.29, 1.82) is 0 Å². The van der Waals surface area contributed by atoms with Crippen LogP contribution in [0.1, 0.15) is 49.9 Å². The molecule has 22 heavy (non-hydrogen) atoms. The van der Waals surface area contributed by atoms with E-state index in [4.69, 9.17) is 0 Å². The lowest BCUT2D eigenvalue weighted by Crippen LogP contribution is -2.31. The van der Waals surface area contributed by atoms with Crippen molar-refractivity contribution < 1.29 is 4.79 Å². The summed E-state index contributed by atoms with van der Waals surface area (Å²) in [6.07, 6.45) is 9.73. The van der Waals surface area contributed by atoms with Crippen molar-refractivity contribution in [2.24, 2.45) is 0 Å². The van der Waals surface area contributed by atoms with E-state index in [1.165, 1.54) is 0 Å². The molecule has 2 aromatic rings. The van der Waals surface area contributed by atoms with E-state index >= 15 is 0 Å². The molecule has 1 aliphatic carbocycles. The van der Waals surface area contributed by atoms with Crippen LogP contribution in [-0.4, -0.2) is 20.9 Å². The molecule has 2 heterocycles. The second-order valence-corrected chi connectivity index (χ2v) is 5.60. The van der Waals surface area contributed by atoms with Gasteiger partial charge in [-0.05, 0) is 37.8 Å². The quantitative estimate of drug-likeness (QED) is 0.942. The number of aromatic nitrogens is 3. The first-order valence-corrected chi connectivity index (χ1v) is 7.83. The Bertz CT molecular complexity index is 657. The van der Waals surface area contributed by atoms with E-state index in [0.29, 0.717) is 12.2 Å². The summed E-state index contributed by atoms with van der Waals surface area (Å²) in [7, 11) is 0. The summed E-state index contributed by atoms with van der Waals surface area (Å²) in [6.45, 7) is 2.01. The standard InChI is InChI=1S/C17H20N4O/c1-2-5-16(22)20-14-7-3-8-15-13(14)11-19-17(21-15)12-6-4-9-18-10-12/h4,6,9-11,14H,2-3,5,7-8H2,1H3,(H,20,22)/t14-/m1/s1. The van der Waals surface area contributed by atoms with Crippen molar-refractivity contribution >= 4 is 5.91 Å². The first-order chi connectivity index (χ1) is 10.8. The third-order valence-corrected chi connectivity index (χ3v) is 3.91. The highest BCUT2D eigenvalue weighted by atomic mass is 16.1. The lowest BCUT2D eigenvalue weighted by molar-refractivity contribution is -0.122. The van der Waals surface area contributed by atoms with Crippen LogP contribution < -0.4 is 5.32 Å². The number of pyridine rings is 1. The Labute approximate surface area is 130 Å². The Morgan fingerprint density at radius 3 is 3.09 bits per heavy atom. The number of carbonyl (C=O) groups excluding carboxylic acids is 1. The number of nitrogens with one attached hydrogen (secondary N) is 1. The molecule has 0 saturated carbocycles. The largest absolute Gasteiger partial charge is 0.349 e. The zero-order chi connectivity index (χ0) is 15.4. The van der Waals surface area contributed by atoms with Gasteiger partial charge in [0.05, 0.1) is 6.04 Å². The van der Waals surface area contributed by atoms with Crippen LogP contribution in [-0.2, 0) is 11.2 Å². The summed E-state index contributed by atoms with van der Waals surface area (Å²) < 4.78 is 0. The number of carbonyl (C=O) groups is 1. The highest BCUT2D eigenvalue weighted by Crippen LogP contribution is 2.29. The van der Waals surface area contributed by atoms with Gasteiger partial charge in [-0.1, -0.05) is 6.92 Å². The summed E-state index contributed by atoms with van der Waals surface area (Å²) in [4.78, 5) is 25.1. The Morgan fingerprint density at radius 2 is 2.32 bits per heavy atom. The zero-order valence-electron chi connectivity index (χ0n) is 12.7.